The first kappa shape index (κ1) is 20.2. The number of nitrogens with one attached hydrogen (secondary N) is 2. The lowest BCUT2D eigenvalue weighted by Crippen LogP contribution is -2.26. The van der Waals surface area contributed by atoms with Crippen molar-refractivity contribution < 1.29 is 13.6 Å². The number of benzene rings is 1. The maximum Gasteiger partial charge on any atom is 0.243 e. The van der Waals surface area contributed by atoms with Gasteiger partial charge in [-0.15, -0.1) is 0 Å². The van der Waals surface area contributed by atoms with Crippen molar-refractivity contribution >= 4 is 23.4 Å². The average Bonchev–Trinajstić information content (AvgIpc) is 3.10. The highest BCUT2D eigenvalue weighted by molar-refractivity contribution is 5.75. The minimum absolute atomic E-state index is 0.0552. The molecule has 0 atom stereocenters. The van der Waals surface area contributed by atoms with Crippen molar-refractivity contribution in [3.8, 4) is 0 Å². The predicted octanol–water partition coefficient (Wildman–Crippen LogP) is 2.70. The Bertz CT molecular complexity index is 999. The molecule has 2 N–H and O–H groups in total. The van der Waals surface area contributed by atoms with Gasteiger partial charge in [-0.25, -0.2) is 13.8 Å². The topological polar surface area (TPSA) is 88.0 Å². The molecule has 0 unspecified atom stereocenters. The Kier molecular flexibility index (Phi) is 6.01. The molecule has 2 aromatic heterocycles. The Morgan fingerprint density at radius 1 is 1.21 bits per heavy atom. The Labute approximate surface area is 166 Å². The number of hydrogen-bond donors (Lipinski definition) is 2. The van der Waals surface area contributed by atoms with Crippen LogP contribution in [0.4, 0.5) is 26.2 Å². The molecule has 0 spiro atoms. The number of hydrogen-bond acceptors (Lipinski definition) is 6. The highest BCUT2D eigenvalue weighted by Crippen LogP contribution is 2.19. The highest BCUT2D eigenvalue weighted by atomic mass is 19.1. The number of carbonyl (C=O) groups is 1. The van der Waals surface area contributed by atoms with Gasteiger partial charge < -0.3 is 15.5 Å². The third kappa shape index (κ3) is 5.03. The lowest BCUT2D eigenvalue weighted by Gasteiger charge is -2.11. The van der Waals surface area contributed by atoms with Gasteiger partial charge in [-0.05, 0) is 19.1 Å². The molecule has 0 saturated heterocycles. The summed E-state index contributed by atoms with van der Waals surface area (Å²) in [6, 6.07) is 3.73. The summed E-state index contributed by atoms with van der Waals surface area (Å²) in [5, 5.41) is 10.1. The monoisotopic (exact) mass is 401 g/mol. The summed E-state index contributed by atoms with van der Waals surface area (Å²) in [6.07, 6.45) is 4.80. The average molecular weight is 401 g/mol. The molecule has 2 heterocycles. The van der Waals surface area contributed by atoms with E-state index in [4.69, 9.17) is 0 Å². The van der Waals surface area contributed by atoms with Crippen molar-refractivity contribution in [3.05, 3.63) is 59.6 Å². The van der Waals surface area contributed by atoms with Crippen LogP contribution in [0.2, 0.25) is 0 Å². The smallest absolute Gasteiger partial charge is 0.243 e. The van der Waals surface area contributed by atoms with Crippen LogP contribution >= 0.6 is 0 Å². The number of nitrogens with zero attached hydrogens (tertiary/aromatic N) is 5. The van der Waals surface area contributed by atoms with Crippen molar-refractivity contribution in [1.29, 1.82) is 0 Å². The Morgan fingerprint density at radius 3 is 2.62 bits per heavy atom. The molecule has 0 aliphatic carbocycles. The van der Waals surface area contributed by atoms with E-state index in [9.17, 15) is 13.6 Å². The molecule has 29 heavy (non-hydrogen) atoms. The van der Waals surface area contributed by atoms with Crippen molar-refractivity contribution in [2.45, 2.75) is 20.0 Å². The number of halogens is 2. The van der Waals surface area contributed by atoms with Crippen LogP contribution in [0, 0.1) is 18.6 Å². The van der Waals surface area contributed by atoms with Crippen LogP contribution in [0.1, 0.15) is 11.1 Å². The highest BCUT2D eigenvalue weighted by Gasteiger charge is 2.11. The van der Waals surface area contributed by atoms with E-state index in [0.29, 0.717) is 11.5 Å². The van der Waals surface area contributed by atoms with Crippen LogP contribution in [0.25, 0.3) is 0 Å². The van der Waals surface area contributed by atoms with Gasteiger partial charge in [-0.1, -0.05) is 6.07 Å². The zero-order valence-corrected chi connectivity index (χ0v) is 16.3. The number of anilines is 3. The van der Waals surface area contributed by atoms with E-state index in [1.54, 1.807) is 39.6 Å². The van der Waals surface area contributed by atoms with E-state index in [1.165, 1.54) is 27.8 Å². The Morgan fingerprint density at radius 2 is 1.93 bits per heavy atom. The van der Waals surface area contributed by atoms with Gasteiger partial charge in [-0.3, -0.25) is 9.48 Å². The van der Waals surface area contributed by atoms with Crippen LogP contribution in [-0.2, 0) is 17.9 Å². The summed E-state index contributed by atoms with van der Waals surface area (Å²) in [4.78, 5) is 21.8. The summed E-state index contributed by atoms with van der Waals surface area (Å²) >= 11 is 0. The molecule has 3 rings (SSSR count). The lowest BCUT2D eigenvalue weighted by molar-refractivity contribution is -0.129. The standard InChI is InChI=1S/C19H21F2N7O/c1-12-7-23-19(25-13-8-24-28(10-13)11-17(29)27(2)3)26-18(12)22-9-14-15(20)5-4-6-16(14)21/h4-8,10H,9,11H2,1-3H3,(H2,22,23,25,26). The number of aryl methyl sites for hydroxylation is 1. The molecule has 1 aromatic carbocycles. The predicted molar refractivity (Wildman–Crippen MR) is 105 cm³/mol. The quantitative estimate of drug-likeness (QED) is 0.633. The summed E-state index contributed by atoms with van der Waals surface area (Å²) in [5.74, 6) is -0.603. The van der Waals surface area contributed by atoms with E-state index in [-0.39, 0.29) is 30.5 Å². The molecule has 0 radical (unpaired) electrons. The fourth-order valence-corrected chi connectivity index (χ4v) is 2.48. The maximum absolute atomic E-state index is 13.8. The van der Waals surface area contributed by atoms with Gasteiger partial charge in [-0.2, -0.15) is 10.1 Å². The second kappa shape index (κ2) is 8.63. The van der Waals surface area contributed by atoms with Crippen molar-refractivity contribution in [1.82, 2.24) is 24.6 Å². The summed E-state index contributed by atoms with van der Waals surface area (Å²) < 4.78 is 29.1. The number of aromatic nitrogens is 4. The molecule has 0 aliphatic heterocycles. The first-order valence-corrected chi connectivity index (χ1v) is 8.83. The van der Waals surface area contributed by atoms with E-state index in [2.05, 4.69) is 25.7 Å². The molecule has 0 saturated carbocycles. The summed E-state index contributed by atoms with van der Waals surface area (Å²) in [5.41, 5.74) is 1.26. The normalized spacial score (nSPS) is 10.7. The van der Waals surface area contributed by atoms with Gasteiger partial charge in [0.05, 0.1) is 11.9 Å². The zero-order valence-electron chi connectivity index (χ0n) is 16.3. The third-order valence-corrected chi connectivity index (χ3v) is 4.15. The molecule has 0 bridgehead atoms. The van der Waals surface area contributed by atoms with Crippen molar-refractivity contribution in [2.75, 3.05) is 24.7 Å². The van der Waals surface area contributed by atoms with E-state index in [0.717, 1.165) is 5.56 Å². The van der Waals surface area contributed by atoms with Gasteiger partial charge in [0.1, 0.15) is 24.0 Å². The summed E-state index contributed by atoms with van der Waals surface area (Å²) in [7, 11) is 3.35. The molecule has 3 aromatic rings. The van der Waals surface area contributed by atoms with E-state index >= 15 is 0 Å². The van der Waals surface area contributed by atoms with Gasteiger partial charge in [0.15, 0.2) is 0 Å². The largest absolute Gasteiger partial charge is 0.365 e. The van der Waals surface area contributed by atoms with Gasteiger partial charge in [0.2, 0.25) is 11.9 Å². The molecule has 152 valence electrons. The number of likely N-dealkylation sites (N-methyl/N-ethyl adjacent to an activating group) is 1. The van der Waals surface area contributed by atoms with Gasteiger partial charge in [0, 0.05) is 44.2 Å². The Hall–Kier alpha value is -3.56. The molecule has 10 heteroatoms. The second-order valence-electron chi connectivity index (χ2n) is 6.62. The van der Waals surface area contributed by atoms with Gasteiger partial charge in [0.25, 0.3) is 0 Å². The lowest BCUT2D eigenvalue weighted by atomic mass is 10.2. The zero-order chi connectivity index (χ0) is 21.0. The van der Waals surface area contributed by atoms with E-state index in [1.807, 2.05) is 0 Å². The summed E-state index contributed by atoms with van der Waals surface area (Å²) in [6.45, 7) is 1.85. The Balaban J connectivity index is 1.69. The van der Waals surface area contributed by atoms with E-state index < -0.39 is 11.6 Å². The fourth-order valence-electron chi connectivity index (χ4n) is 2.48. The second-order valence-corrected chi connectivity index (χ2v) is 6.62. The van der Waals surface area contributed by atoms with Crippen LogP contribution < -0.4 is 10.6 Å². The minimum Gasteiger partial charge on any atom is -0.365 e. The molecule has 0 aliphatic rings. The van der Waals surface area contributed by atoms with Crippen molar-refractivity contribution in [3.63, 3.8) is 0 Å². The maximum atomic E-state index is 13.8. The van der Waals surface area contributed by atoms with Crippen molar-refractivity contribution in [2.24, 2.45) is 0 Å². The molecule has 8 nitrogen and oxygen atoms in total. The molecular weight excluding hydrogens is 380 g/mol. The van der Waals surface area contributed by atoms with Gasteiger partial charge >= 0.3 is 0 Å². The van der Waals surface area contributed by atoms with Crippen LogP contribution in [0.15, 0.2) is 36.8 Å². The van der Waals surface area contributed by atoms with Crippen LogP contribution in [0.5, 0.6) is 0 Å². The molecule has 0 fully saturated rings. The molecule has 1 amide bonds. The number of carbonyl (C=O) groups excluding carboxylic acids is 1. The number of amides is 1. The molecular formula is C19H21F2N7O. The first-order chi connectivity index (χ1) is 13.8. The first-order valence-electron chi connectivity index (χ1n) is 8.83. The fraction of sp³-hybridized carbons (Fsp3) is 0.263. The SMILES string of the molecule is Cc1cnc(Nc2cnn(CC(=O)N(C)C)c2)nc1NCc1c(F)cccc1F. The van der Waals surface area contributed by atoms with Crippen LogP contribution in [-0.4, -0.2) is 44.7 Å². The number of rotatable bonds is 7. The third-order valence-electron chi connectivity index (χ3n) is 4.15. The van der Waals surface area contributed by atoms with Crippen LogP contribution in [0.3, 0.4) is 0 Å². The minimum atomic E-state index is -0.623.